The summed E-state index contributed by atoms with van der Waals surface area (Å²) in [4.78, 5) is 32.6. The number of aromatic nitrogens is 7. The quantitative estimate of drug-likeness (QED) is 0.136. The van der Waals surface area contributed by atoms with Gasteiger partial charge < -0.3 is 4.57 Å². The number of benzene rings is 14. The largest absolute Gasteiger partial charge is 0.309 e. The molecular formula is C105H83N7. The van der Waals surface area contributed by atoms with Gasteiger partial charge >= 0.3 is 0 Å². The predicted molar refractivity (Wildman–Crippen MR) is 460 cm³/mol. The van der Waals surface area contributed by atoms with E-state index in [-0.39, 0.29) is 27.6 Å². The van der Waals surface area contributed by atoms with E-state index in [2.05, 4.69) is 375 Å². The first-order valence-corrected chi connectivity index (χ1v) is 39.6. The van der Waals surface area contributed by atoms with Crippen molar-refractivity contribution in [3.63, 3.8) is 0 Å². The normalized spacial score (nSPS) is 16.2. The van der Waals surface area contributed by atoms with Crippen molar-refractivity contribution in [2.75, 3.05) is 0 Å². The molecule has 14 aromatic carbocycles. The van der Waals surface area contributed by atoms with Gasteiger partial charge in [0.25, 0.3) is 0 Å². The minimum atomic E-state index is -0.505. The lowest BCUT2D eigenvalue weighted by Crippen LogP contribution is -2.40. The smallest absolute Gasteiger partial charge is 0.164 e. The van der Waals surface area contributed by atoms with Crippen molar-refractivity contribution in [3.8, 4) is 119 Å². The molecule has 0 bridgehead atoms. The third-order valence-electron chi connectivity index (χ3n) is 25.9. The molecular weight excluding hydrogens is 1360 g/mol. The Morgan fingerprint density at radius 2 is 0.652 bits per heavy atom. The standard InChI is InChI=1S/C105H83N7/c1-101(2)56-57-102(3,4)90-61-73(51-54-87(90)101)97-107-95(106-96(108-97)71-28-22-29-75(59-71)112-93-40-19-14-34-81(93)82-35-15-20-41-94(82)112)68-48-44-65(45-49-68)70-27-21-26-69(58-70)64-42-46-67(47-43-64)92-63-103(5,6)91-62-74(52-55-88(91)104(92,7)8)99-109-98(110-100(111-99)83-36-23-25-66-24-9-10-30-76(66)83)72-50-53-80-79-33-13-18-39-86(79)105(89(80)60-72)84-37-16-11-31-77(84)78-32-12-17-38-85(78)105/h9-55,58-62,92H,56-57,63H2,1-8H3. The molecule has 3 heterocycles. The second kappa shape index (κ2) is 25.1. The van der Waals surface area contributed by atoms with E-state index in [0.29, 0.717) is 34.9 Å². The Bertz CT molecular complexity index is 6630. The Balaban J connectivity index is 0.591. The SMILES string of the molecule is CC1(C)CCC(C)(C)c2cc(-c3nc(-c4ccc(-c5cccc(-c6ccc(C7CC(C)(C)c8cc(-c9nc(-c%10ccc%11c(c%10)C%10(c%12ccccc%12-c%12ccccc%12%10)c%10ccccc%10-%11)nc(-c%10cccc%11ccccc%10%11)n9)ccc8C7(C)C)cc6)c5)cc4)nc(-c4cccc(-n5c6ccccc6c6ccccc65)c4)n3)ccc21. The van der Waals surface area contributed by atoms with Gasteiger partial charge in [0, 0.05) is 49.8 Å². The van der Waals surface area contributed by atoms with Gasteiger partial charge in [-0.2, -0.15) is 0 Å². The lowest BCUT2D eigenvalue weighted by molar-refractivity contribution is 0.283. The van der Waals surface area contributed by atoms with Crippen LogP contribution in [0.15, 0.2) is 315 Å². The molecule has 4 aliphatic carbocycles. The lowest BCUT2D eigenvalue weighted by atomic mass is 9.56. The van der Waals surface area contributed by atoms with Crippen molar-refractivity contribution < 1.29 is 0 Å². The molecule has 1 unspecified atom stereocenters. The van der Waals surface area contributed by atoms with Crippen LogP contribution in [0.2, 0.25) is 0 Å². The van der Waals surface area contributed by atoms with E-state index >= 15 is 0 Å². The van der Waals surface area contributed by atoms with Crippen molar-refractivity contribution in [1.29, 1.82) is 0 Å². The van der Waals surface area contributed by atoms with E-state index in [1.807, 2.05) is 0 Å². The molecule has 538 valence electrons. The van der Waals surface area contributed by atoms with Crippen LogP contribution in [0.25, 0.3) is 151 Å². The summed E-state index contributed by atoms with van der Waals surface area (Å²) >= 11 is 0. The van der Waals surface area contributed by atoms with Crippen LogP contribution < -0.4 is 0 Å². The van der Waals surface area contributed by atoms with Crippen LogP contribution >= 0.6 is 0 Å². The van der Waals surface area contributed by atoms with E-state index in [9.17, 15) is 0 Å². The van der Waals surface area contributed by atoms with E-state index < -0.39 is 5.41 Å². The minimum absolute atomic E-state index is 0.0155. The average molecular weight is 1440 g/mol. The van der Waals surface area contributed by atoms with Crippen molar-refractivity contribution in [1.82, 2.24) is 34.5 Å². The summed E-state index contributed by atoms with van der Waals surface area (Å²) in [7, 11) is 0. The highest BCUT2D eigenvalue weighted by Crippen LogP contribution is 2.63. The van der Waals surface area contributed by atoms with Crippen molar-refractivity contribution in [2.45, 2.75) is 108 Å². The molecule has 0 N–H and O–H groups in total. The van der Waals surface area contributed by atoms with Crippen molar-refractivity contribution >= 4 is 32.6 Å². The highest BCUT2D eigenvalue weighted by Gasteiger charge is 2.52. The number of nitrogens with zero attached hydrogens (tertiary/aromatic N) is 7. The first kappa shape index (κ1) is 67.3. The molecule has 3 aromatic heterocycles. The van der Waals surface area contributed by atoms with Crippen LogP contribution in [0, 0.1) is 0 Å². The number of hydrogen-bond donors (Lipinski definition) is 0. The Kier molecular flexibility index (Phi) is 15.1. The van der Waals surface area contributed by atoms with Crippen LogP contribution in [-0.4, -0.2) is 34.5 Å². The summed E-state index contributed by atoms with van der Waals surface area (Å²) in [5.74, 6) is 4.13. The van der Waals surface area contributed by atoms with Crippen LogP contribution in [0.4, 0.5) is 0 Å². The maximum absolute atomic E-state index is 5.55. The fourth-order valence-electron chi connectivity index (χ4n) is 19.9. The number of para-hydroxylation sites is 2. The fourth-order valence-corrected chi connectivity index (χ4v) is 19.9. The average Bonchev–Trinajstić information content (AvgIpc) is 1.51. The second-order valence-corrected chi connectivity index (χ2v) is 34.1. The molecule has 17 aromatic rings. The Hall–Kier alpha value is -12.8. The molecule has 0 saturated carbocycles. The summed E-state index contributed by atoms with van der Waals surface area (Å²) in [5.41, 5.74) is 29.9. The highest BCUT2D eigenvalue weighted by molar-refractivity contribution is 6.09. The lowest BCUT2D eigenvalue weighted by Gasteiger charge is -2.48. The van der Waals surface area contributed by atoms with Gasteiger partial charge in [-0.15, -0.1) is 0 Å². The van der Waals surface area contributed by atoms with Crippen LogP contribution in [0.5, 0.6) is 0 Å². The number of hydrogen-bond acceptors (Lipinski definition) is 6. The Morgan fingerprint density at radius 1 is 0.259 bits per heavy atom. The molecule has 0 radical (unpaired) electrons. The van der Waals surface area contributed by atoms with Crippen molar-refractivity contribution in [3.05, 3.63) is 366 Å². The van der Waals surface area contributed by atoms with Crippen molar-refractivity contribution in [2.24, 2.45) is 0 Å². The maximum Gasteiger partial charge on any atom is 0.164 e. The van der Waals surface area contributed by atoms with Gasteiger partial charge in [0.1, 0.15) is 0 Å². The number of rotatable bonds is 10. The monoisotopic (exact) mass is 1440 g/mol. The molecule has 0 amide bonds. The van der Waals surface area contributed by atoms with Gasteiger partial charge in [-0.25, -0.2) is 29.9 Å². The summed E-state index contributed by atoms with van der Waals surface area (Å²) < 4.78 is 2.36. The Morgan fingerprint density at radius 3 is 1.24 bits per heavy atom. The molecule has 0 saturated heterocycles. The molecule has 1 spiro atoms. The molecule has 7 heteroatoms. The zero-order valence-corrected chi connectivity index (χ0v) is 64.4. The maximum atomic E-state index is 5.55. The van der Waals surface area contributed by atoms with Gasteiger partial charge in [0.15, 0.2) is 34.9 Å². The summed E-state index contributed by atoms with van der Waals surface area (Å²) in [6, 6.07) is 116. The molecule has 0 fully saturated rings. The summed E-state index contributed by atoms with van der Waals surface area (Å²) in [6.45, 7) is 19.2. The minimum Gasteiger partial charge on any atom is -0.309 e. The third-order valence-corrected chi connectivity index (χ3v) is 25.9. The zero-order valence-electron chi connectivity index (χ0n) is 64.4. The van der Waals surface area contributed by atoms with Crippen LogP contribution in [0.3, 0.4) is 0 Å². The first-order chi connectivity index (χ1) is 54.4. The van der Waals surface area contributed by atoms with E-state index in [1.165, 1.54) is 94.2 Å². The molecule has 4 aliphatic rings. The molecule has 7 nitrogen and oxygen atoms in total. The molecule has 21 rings (SSSR count). The fraction of sp³-hybridized carbons (Fsp3) is 0.162. The van der Waals surface area contributed by atoms with E-state index in [4.69, 9.17) is 29.9 Å². The topological polar surface area (TPSA) is 82.3 Å². The van der Waals surface area contributed by atoms with E-state index in [1.54, 1.807) is 0 Å². The van der Waals surface area contributed by atoms with Crippen LogP contribution in [-0.2, 0) is 27.1 Å². The summed E-state index contributed by atoms with van der Waals surface area (Å²) in [6.07, 6.45) is 3.23. The third kappa shape index (κ3) is 10.5. The second-order valence-electron chi connectivity index (χ2n) is 34.1. The molecule has 1 atom stereocenters. The van der Waals surface area contributed by atoms with Gasteiger partial charge in [-0.05, 0) is 201 Å². The molecule has 0 aliphatic heterocycles. The predicted octanol–water partition coefficient (Wildman–Crippen LogP) is 26.1. The van der Waals surface area contributed by atoms with Gasteiger partial charge in [0.05, 0.1) is 16.4 Å². The zero-order chi connectivity index (χ0) is 75.6. The summed E-state index contributed by atoms with van der Waals surface area (Å²) in [5, 5.41) is 4.69. The highest BCUT2D eigenvalue weighted by atomic mass is 15.0. The molecule has 112 heavy (non-hydrogen) atoms. The van der Waals surface area contributed by atoms with Gasteiger partial charge in [0.2, 0.25) is 0 Å². The number of fused-ring (bicyclic) bond motifs is 16. The van der Waals surface area contributed by atoms with Crippen LogP contribution in [0.1, 0.15) is 131 Å². The van der Waals surface area contributed by atoms with Gasteiger partial charge in [-0.3, -0.25) is 0 Å². The Labute approximate surface area is 654 Å². The first-order valence-electron chi connectivity index (χ1n) is 39.6. The van der Waals surface area contributed by atoms with E-state index in [0.717, 1.165) is 91.3 Å². The van der Waals surface area contributed by atoms with Gasteiger partial charge in [-0.1, -0.05) is 322 Å².